The molecule has 0 atom stereocenters. The summed E-state index contributed by atoms with van der Waals surface area (Å²) in [5.41, 5.74) is 0.738. The molecule has 3 rings (SSSR count). The number of hydrogen-bond donors (Lipinski definition) is 0. The van der Waals surface area contributed by atoms with Gasteiger partial charge in [0.2, 0.25) is 0 Å². The molecular formula is C14H8Cl2N2O2. The average Bonchev–Trinajstić information content (AvgIpc) is 3.16. The van der Waals surface area contributed by atoms with E-state index in [-0.39, 0.29) is 32.9 Å². The van der Waals surface area contributed by atoms with Crippen molar-refractivity contribution in [3.63, 3.8) is 0 Å². The summed E-state index contributed by atoms with van der Waals surface area (Å²) < 4.78 is 5.15. The van der Waals surface area contributed by atoms with Crippen LogP contribution >= 0.6 is 23.2 Å². The second kappa shape index (κ2) is 4.93. The first kappa shape index (κ1) is 13.2. The zero-order valence-corrected chi connectivity index (χ0v) is 11.7. The Balaban J connectivity index is 2.07. The summed E-state index contributed by atoms with van der Waals surface area (Å²) in [4.78, 5) is 12.5. The first-order valence-electron chi connectivity index (χ1n) is 6.01. The standard InChI is InChI=1S/C14H8Cl2N2O2/c15-11-4-3-8(12(16)9(11)5-17)13(19)10-6-18-20-14(10)7-1-2-7/h3-4,6-7H,1-2H2. The van der Waals surface area contributed by atoms with Crippen LogP contribution in [0.15, 0.2) is 22.9 Å². The van der Waals surface area contributed by atoms with E-state index in [1.807, 2.05) is 6.07 Å². The van der Waals surface area contributed by atoms with Gasteiger partial charge in [0.25, 0.3) is 0 Å². The van der Waals surface area contributed by atoms with Gasteiger partial charge in [0.05, 0.1) is 27.4 Å². The maximum Gasteiger partial charge on any atom is 0.199 e. The van der Waals surface area contributed by atoms with Crippen molar-refractivity contribution in [3.8, 4) is 6.07 Å². The normalized spacial score (nSPS) is 14.1. The van der Waals surface area contributed by atoms with E-state index in [4.69, 9.17) is 33.0 Å². The minimum absolute atomic E-state index is 0.0629. The Morgan fingerprint density at radius 3 is 2.75 bits per heavy atom. The Kier molecular flexibility index (Phi) is 3.25. The molecule has 0 radical (unpaired) electrons. The van der Waals surface area contributed by atoms with Crippen molar-refractivity contribution >= 4 is 29.0 Å². The van der Waals surface area contributed by atoms with Gasteiger partial charge in [-0.15, -0.1) is 0 Å². The lowest BCUT2D eigenvalue weighted by Gasteiger charge is -2.05. The van der Waals surface area contributed by atoms with Gasteiger partial charge in [0, 0.05) is 11.5 Å². The number of benzene rings is 1. The fourth-order valence-electron chi connectivity index (χ4n) is 2.03. The topological polar surface area (TPSA) is 66.9 Å². The number of hydrogen-bond acceptors (Lipinski definition) is 4. The lowest BCUT2D eigenvalue weighted by molar-refractivity contribution is 0.103. The predicted octanol–water partition coefficient (Wildman–Crippen LogP) is 3.96. The fraction of sp³-hybridized carbons (Fsp3) is 0.214. The lowest BCUT2D eigenvalue weighted by atomic mass is 10.0. The van der Waals surface area contributed by atoms with Gasteiger partial charge in [-0.3, -0.25) is 4.79 Å². The summed E-state index contributed by atoms with van der Waals surface area (Å²) in [6.07, 6.45) is 3.38. The van der Waals surface area contributed by atoms with E-state index >= 15 is 0 Å². The molecule has 4 nitrogen and oxygen atoms in total. The predicted molar refractivity (Wildman–Crippen MR) is 73.1 cm³/mol. The third kappa shape index (κ3) is 2.09. The number of nitriles is 1. The molecule has 1 heterocycles. The molecule has 1 saturated carbocycles. The van der Waals surface area contributed by atoms with Crippen LogP contribution in [0.1, 0.15) is 46.0 Å². The van der Waals surface area contributed by atoms with E-state index in [9.17, 15) is 4.79 Å². The highest BCUT2D eigenvalue weighted by Crippen LogP contribution is 2.42. The summed E-state index contributed by atoms with van der Waals surface area (Å²) in [6.45, 7) is 0. The quantitative estimate of drug-likeness (QED) is 0.805. The van der Waals surface area contributed by atoms with Crippen LogP contribution in [-0.4, -0.2) is 10.9 Å². The molecule has 1 aromatic heterocycles. The van der Waals surface area contributed by atoms with Crippen LogP contribution in [0.25, 0.3) is 0 Å². The summed E-state index contributed by atoms with van der Waals surface area (Å²) in [5.74, 6) is 0.559. The van der Waals surface area contributed by atoms with Crippen molar-refractivity contribution in [2.45, 2.75) is 18.8 Å². The number of aromatic nitrogens is 1. The molecule has 1 aromatic carbocycles. The number of halogens is 2. The minimum atomic E-state index is -0.300. The summed E-state index contributed by atoms with van der Waals surface area (Å²) >= 11 is 12.0. The Morgan fingerprint density at radius 2 is 2.10 bits per heavy atom. The number of carbonyl (C=O) groups excluding carboxylic acids is 1. The summed E-state index contributed by atoms with van der Waals surface area (Å²) in [7, 11) is 0. The smallest absolute Gasteiger partial charge is 0.199 e. The van der Waals surface area contributed by atoms with Gasteiger partial charge in [-0.05, 0) is 25.0 Å². The molecule has 1 aliphatic rings. The Bertz CT molecular complexity index is 742. The molecule has 0 spiro atoms. The van der Waals surface area contributed by atoms with Gasteiger partial charge in [-0.1, -0.05) is 28.4 Å². The molecule has 100 valence electrons. The SMILES string of the molecule is N#Cc1c(Cl)ccc(C(=O)c2cnoc2C2CC2)c1Cl. The molecule has 0 bridgehead atoms. The van der Waals surface area contributed by atoms with Crippen molar-refractivity contribution in [1.82, 2.24) is 5.16 Å². The maximum atomic E-state index is 12.5. The van der Waals surface area contributed by atoms with Crippen LogP contribution in [0.3, 0.4) is 0 Å². The highest BCUT2D eigenvalue weighted by Gasteiger charge is 2.33. The number of nitrogens with zero attached hydrogens (tertiary/aromatic N) is 2. The molecule has 6 heteroatoms. The van der Waals surface area contributed by atoms with Crippen LogP contribution in [-0.2, 0) is 0 Å². The number of rotatable bonds is 3. The van der Waals surface area contributed by atoms with Crippen LogP contribution in [0, 0.1) is 11.3 Å². The molecule has 0 saturated heterocycles. The highest BCUT2D eigenvalue weighted by atomic mass is 35.5. The summed E-state index contributed by atoms with van der Waals surface area (Å²) in [5, 5.41) is 13.0. The molecule has 20 heavy (non-hydrogen) atoms. The second-order valence-electron chi connectivity index (χ2n) is 4.60. The molecule has 1 aliphatic carbocycles. The van der Waals surface area contributed by atoms with Crippen LogP contribution < -0.4 is 0 Å². The first-order valence-corrected chi connectivity index (χ1v) is 6.76. The van der Waals surface area contributed by atoms with Crippen molar-refractivity contribution in [2.24, 2.45) is 0 Å². The zero-order chi connectivity index (χ0) is 14.3. The molecule has 1 fully saturated rings. The second-order valence-corrected chi connectivity index (χ2v) is 5.39. The molecule has 0 N–H and O–H groups in total. The van der Waals surface area contributed by atoms with Gasteiger partial charge in [-0.25, -0.2) is 0 Å². The third-order valence-electron chi connectivity index (χ3n) is 3.24. The fourth-order valence-corrected chi connectivity index (χ4v) is 2.58. The maximum absolute atomic E-state index is 12.5. The highest BCUT2D eigenvalue weighted by molar-refractivity contribution is 6.39. The number of carbonyl (C=O) groups is 1. The monoisotopic (exact) mass is 306 g/mol. The van der Waals surface area contributed by atoms with E-state index < -0.39 is 0 Å². The van der Waals surface area contributed by atoms with Crippen LogP contribution in [0.5, 0.6) is 0 Å². The van der Waals surface area contributed by atoms with E-state index in [2.05, 4.69) is 5.16 Å². The van der Waals surface area contributed by atoms with E-state index in [0.717, 1.165) is 12.8 Å². The Morgan fingerprint density at radius 1 is 1.35 bits per heavy atom. The van der Waals surface area contributed by atoms with Crippen molar-refractivity contribution in [3.05, 3.63) is 50.8 Å². The Hall–Kier alpha value is -1.83. The van der Waals surface area contributed by atoms with E-state index in [0.29, 0.717) is 11.3 Å². The molecular weight excluding hydrogens is 299 g/mol. The molecule has 2 aromatic rings. The van der Waals surface area contributed by atoms with Gasteiger partial charge < -0.3 is 4.52 Å². The van der Waals surface area contributed by atoms with E-state index in [1.165, 1.54) is 18.3 Å². The lowest BCUT2D eigenvalue weighted by Crippen LogP contribution is -2.04. The molecule has 0 unspecified atom stereocenters. The Labute approximate surface area is 124 Å². The van der Waals surface area contributed by atoms with Gasteiger partial charge >= 0.3 is 0 Å². The summed E-state index contributed by atoms with van der Waals surface area (Å²) in [6, 6.07) is 4.90. The number of ketones is 1. The van der Waals surface area contributed by atoms with Crippen LogP contribution in [0.4, 0.5) is 0 Å². The average molecular weight is 307 g/mol. The van der Waals surface area contributed by atoms with Crippen molar-refractivity contribution in [2.75, 3.05) is 0 Å². The molecule has 0 aliphatic heterocycles. The van der Waals surface area contributed by atoms with E-state index in [1.54, 1.807) is 0 Å². The van der Waals surface area contributed by atoms with Gasteiger partial charge in [0.1, 0.15) is 6.07 Å². The minimum Gasteiger partial charge on any atom is -0.360 e. The largest absolute Gasteiger partial charge is 0.360 e. The van der Waals surface area contributed by atoms with Crippen LogP contribution in [0.2, 0.25) is 10.0 Å². The molecule has 0 amide bonds. The third-order valence-corrected chi connectivity index (χ3v) is 3.95. The van der Waals surface area contributed by atoms with Gasteiger partial charge in [-0.2, -0.15) is 5.26 Å². The first-order chi connectivity index (χ1) is 9.63. The van der Waals surface area contributed by atoms with Crippen molar-refractivity contribution in [1.29, 1.82) is 5.26 Å². The zero-order valence-electron chi connectivity index (χ0n) is 10.2. The van der Waals surface area contributed by atoms with Gasteiger partial charge in [0.15, 0.2) is 11.5 Å². The van der Waals surface area contributed by atoms with Crippen molar-refractivity contribution < 1.29 is 9.32 Å².